The molecule has 2 aromatic rings. The molecule has 0 aliphatic heterocycles. The standard InChI is InChI=1S/C17H23N3OS/c1-5-19(6-2)16(21)12-22-17-18-10-11-20(17)15-9-7-8-13(3)14(15)4/h7-11H,5-6,12H2,1-4H3. The van der Waals surface area contributed by atoms with Crippen LogP contribution < -0.4 is 0 Å². The van der Waals surface area contributed by atoms with E-state index in [-0.39, 0.29) is 5.91 Å². The first-order valence-corrected chi connectivity index (χ1v) is 8.57. The van der Waals surface area contributed by atoms with Gasteiger partial charge in [-0.1, -0.05) is 23.9 Å². The first-order chi connectivity index (χ1) is 10.6. The minimum absolute atomic E-state index is 0.158. The Morgan fingerprint density at radius 1 is 1.27 bits per heavy atom. The highest BCUT2D eigenvalue weighted by molar-refractivity contribution is 7.99. The normalized spacial score (nSPS) is 10.7. The molecular formula is C17H23N3OS. The number of hydrogen-bond acceptors (Lipinski definition) is 3. The lowest BCUT2D eigenvalue weighted by Crippen LogP contribution is -2.31. The maximum Gasteiger partial charge on any atom is 0.233 e. The van der Waals surface area contributed by atoms with Gasteiger partial charge in [0.05, 0.1) is 11.4 Å². The number of rotatable bonds is 6. The van der Waals surface area contributed by atoms with Gasteiger partial charge in [-0.3, -0.25) is 9.36 Å². The van der Waals surface area contributed by atoms with Crippen molar-refractivity contribution in [3.8, 4) is 5.69 Å². The van der Waals surface area contributed by atoms with E-state index in [2.05, 4.69) is 35.5 Å². The van der Waals surface area contributed by atoms with Gasteiger partial charge in [-0.25, -0.2) is 4.98 Å². The Morgan fingerprint density at radius 2 is 2.00 bits per heavy atom. The highest BCUT2D eigenvalue weighted by Crippen LogP contribution is 2.24. The van der Waals surface area contributed by atoms with Crippen molar-refractivity contribution < 1.29 is 4.79 Å². The molecule has 0 bridgehead atoms. The second kappa shape index (κ2) is 7.49. The average Bonchev–Trinajstić information content (AvgIpc) is 2.97. The first kappa shape index (κ1) is 16.6. The molecule has 0 spiro atoms. The highest BCUT2D eigenvalue weighted by atomic mass is 32.2. The lowest BCUT2D eigenvalue weighted by molar-refractivity contribution is -0.127. The second-order valence-corrected chi connectivity index (χ2v) is 6.10. The summed E-state index contributed by atoms with van der Waals surface area (Å²) in [7, 11) is 0. The van der Waals surface area contributed by atoms with E-state index in [0.717, 1.165) is 23.9 Å². The largest absolute Gasteiger partial charge is 0.343 e. The number of carbonyl (C=O) groups excluding carboxylic acids is 1. The van der Waals surface area contributed by atoms with E-state index in [1.807, 2.05) is 31.0 Å². The van der Waals surface area contributed by atoms with Crippen LogP contribution in [0.1, 0.15) is 25.0 Å². The topological polar surface area (TPSA) is 38.1 Å². The van der Waals surface area contributed by atoms with E-state index in [1.54, 1.807) is 6.20 Å². The molecule has 0 fully saturated rings. The molecule has 0 saturated heterocycles. The molecule has 1 amide bonds. The smallest absolute Gasteiger partial charge is 0.233 e. The van der Waals surface area contributed by atoms with Crippen LogP contribution in [0.4, 0.5) is 0 Å². The summed E-state index contributed by atoms with van der Waals surface area (Å²) < 4.78 is 2.06. The van der Waals surface area contributed by atoms with Crippen LogP contribution in [0.15, 0.2) is 35.7 Å². The molecule has 0 radical (unpaired) electrons. The third kappa shape index (κ3) is 3.53. The maximum atomic E-state index is 12.1. The van der Waals surface area contributed by atoms with E-state index < -0.39 is 0 Å². The monoisotopic (exact) mass is 317 g/mol. The van der Waals surface area contributed by atoms with E-state index in [4.69, 9.17) is 0 Å². The van der Waals surface area contributed by atoms with Gasteiger partial charge in [-0.05, 0) is 44.9 Å². The zero-order valence-corrected chi connectivity index (χ0v) is 14.5. The lowest BCUT2D eigenvalue weighted by atomic mass is 10.1. The summed E-state index contributed by atoms with van der Waals surface area (Å²) in [6, 6.07) is 6.24. The fourth-order valence-electron chi connectivity index (χ4n) is 2.37. The Balaban J connectivity index is 2.17. The number of hydrogen-bond donors (Lipinski definition) is 0. The van der Waals surface area contributed by atoms with Crippen LogP contribution in [-0.4, -0.2) is 39.2 Å². The van der Waals surface area contributed by atoms with Gasteiger partial charge >= 0.3 is 0 Å². The Bertz CT molecular complexity index is 647. The molecule has 5 heteroatoms. The van der Waals surface area contributed by atoms with Crippen molar-refractivity contribution >= 4 is 17.7 Å². The van der Waals surface area contributed by atoms with Gasteiger partial charge in [0.25, 0.3) is 0 Å². The van der Waals surface area contributed by atoms with Gasteiger partial charge in [0.2, 0.25) is 5.91 Å². The lowest BCUT2D eigenvalue weighted by Gasteiger charge is -2.18. The highest BCUT2D eigenvalue weighted by Gasteiger charge is 2.14. The summed E-state index contributed by atoms with van der Waals surface area (Å²) in [5, 5.41) is 0.856. The van der Waals surface area contributed by atoms with Crippen molar-refractivity contribution in [2.75, 3.05) is 18.8 Å². The van der Waals surface area contributed by atoms with Gasteiger partial charge in [-0.15, -0.1) is 0 Å². The van der Waals surface area contributed by atoms with Gasteiger partial charge in [0.15, 0.2) is 5.16 Å². The number of imidazole rings is 1. The molecule has 22 heavy (non-hydrogen) atoms. The molecule has 0 atom stereocenters. The molecule has 0 aliphatic carbocycles. The van der Waals surface area contributed by atoms with E-state index in [9.17, 15) is 4.79 Å². The molecule has 4 nitrogen and oxygen atoms in total. The van der Waals surface area contributed by atoms with Gasteiger partial charge in [-0.2, -0.15) is 0 Å². The van der Waals surface area contributed by atoms with Crippen LogP contribution in [-0.2, 0) is 4.79 Å². The van der Waals surface area contributed by atoms with Crippen molar-refractivity contribution in [1.29, 1.82) is 0 Å². The molecule has 1 aromatic carbocycles. The summed E-state index contributed by atoms with van der Waals surface area (Å²) in [6.45, 7) is 9.72. The van der Waals surface area contributed by atoms with Crippen molar-refractivity contribution in [3.05, 3.63) is 41.7 Å². The number of aryl methyl sites for hydroxylation is 1. The predicted octanol–water partition coefficient (Wildman–Crippen LogP) is 3.45. The molecule has 0 unspecified atom stereocenters. The third-order valence-corrected chi connectivity index (χ3v) is 4.83. The summed E-state index contributed by atoms with van der Waals surface area (Å²) in [5.41, 5.74) is 3.61. The van der Waals surface area contributed by atoms with Crippen molar-refractivity contribution in [3.63, 3.8) is 0 Å². The predicted molar refractivity (Wildman–Crippen MR) is 91.7 cm³/mol. The summed E-state index contributed by atoms with van der Waals surface area (Å²) in [6.07, 6.45) is 3.73. The number of benzene rings is 1. The minimum Gasteiger partial charge on any atom is -0.343 e. The average molecular weight is 317 g/mol. The quantitative estimate of drug-likeness (QED) is 0.766. The van der Waals surface area contributed by atoms with E-state index >= 15 is 0 Å². The number of carbonyl (C=O) groups is 1. The molecule has 2 rings (SSSR count). The van der Waals surface area contributed by atoms with Crippen LogP contribution in [0.2, 0.25) is 0 Å². The molecular weight excluding hydrogens is 294 g/mol. The first-order valence-electron chi connectivity index (χ1n) is 7.59. The summed E-state index contributed by atoms with van der Waals surface area (Å²) in [4.78, 5) is 18.4. The van der Waals surface area contributed by atoms with Crippen molar-refractivity contribution in [2.45, 2.75) is 32.9 Å². The van der Waals surface area contributed by atoms with Crippen LogP contribution >= 0.6 is 11.8 Å². The van der Waals surface area contributed by atoms with E-state index in [1.165, 1.54) is 22.9 Å². The number of amides is 1. The molecule has 0 aliphatic rings. The second-order valence-electron chi connectivity index (χ2n) is 5.15. The summed E-state index contributed by atoms with van der Waals surface area (Å²) >= 11 is 1.49. The van der Waals surface area contributed by atoms with Crippen LogP contribution in [0.5, 0.6) is 0 Å². The zero-order chi connectivity index (χ0) is 16.1. The van der Waals surface area contributed by atoms with Crippen LogP contribution in [0.3, 0.4) is 0 Å². The van der Waals surface area contributed by atoms with Gasteiger partial charge < -0.3 is 4.90 Å². The number of thioether (sulfide) groups is 1. The minimum atomic E-state index is 0.158. The molecule has 0 saturated carbocycles. The Hall–Kier alpha value is -1.75. The van der Waals surface area contributed by atoms with Crippen molar-refractivity contribution in [1.82, 2.24) is 14.5 Å². The molecule has 118 valence electrons. The van der Waals surface area contributed by atoms with Gasteiger partial charge in [0.1, 0.15) is 0 Å². The maximum absolute atomic E-state index is 12.1. The Kier molecular flexibility index (Phi) is 5.66. The zero-order valence-electron chi connectivity index (χ0n) is 13.7. The van der Waals surface area contributed by atoms with E-state index in [0.29, 0.717) is 5.75 Å². The Labute approximate surface area is 136 Å². The SMILES string of the molecule is CCN(CC)C(=O)CSc1nccn1-c1cccc(C)c1C. The molecule has 1 aromatic heterocycles. The number of nitrogens with zero attached hydrogens (tertiary/aromatic N) is 3. The third-order valence-electron chi connectivity index (χ3n) is 3.88. The molecule has 0 N–H and O–H groups in total. The van der Waals surface area contributed by atoms with Gasteiger partial charge in [0, 0.05) is 25.5 Å². The fraction of sp³-hybridized carbons (Fsp3) is 0.412. The van der Waals surface area contributed by atoms with Crippen molar-refractivity contribution in [2.24, 2.45) is 0 Å². The van der Waals surface area contributed by atoms with Crippen LogP contribution in [0, 0.1) is 13.8 Å². The number of aromatic nitrogens is 2. The molecule has 1 heterocycles. The fourth-order valence-corrected chi connectivity index (χ4v) is 3.24. The van der Waals surface area contributed by atoms with Crippen LogP contribution in [0.25, 0.3) is 5.69 Å². The summed E-state index contributed by atoms with van der Waals surface area (Å²) in [5.74, 6) is 0.578. The Morgan fingerprint density at radius 3 is 2.68 bits per heavy atom.